The Balaban J connectivity index is 1.92. The van der Waals surface area contributed by atoms with E-state index in [-0.39, 0.29) is 5.56 Å². The minimum atomic E-state index is -0.917. The van der Waals surface area contributed by atoms with Crippen LogP contribution < -0.4 is 0 Å². The van der Waals surface area contributed by atoms with Crippen molar-refractivity contribution in [2.24, 2.45) is 0 Å². The zero-order valence-electron chi connectivity index (χ0n) is 9.93. The van der Waals surface area contributed by atoms with Crippen molar-refractivity contribution in [1.29, 1.82) is 0 Å². The molecule has 0 amide bonds. The second-order valence-electron chi connectivity index (χ2n) is 4.13. The minimum Gasteiger partial charge on any atom is -0.478 e. The number of carboxylic acid groups (broad SMARTS) is 1. The lowest BCUT2D eigenvalue weighted by atomic mass is 10.3. The summed E-state index contributed by atoms with van der Waals surface area (Å²) in [5, 5.41) is 13.0. The third-order valence-corrected chi connectivity index (χ3v) is 3.07. The third kappa shape index (κ3) is 2.83. The molecule has 1 aliphatic heterocycles. The number of ether oxygens (including phenoxy) is 1. The van der Waals surface area contributed by atoms with E-state index in [9.17, 15) is 4.79 Å². The van der Waals surface area contributed by atoms with Crippen molar-refractivity contribution in [1.82, 2.24) is 14.7 Å². The molecule has 6 nitrogen and oxygen atoms in total. The van der Waals surface area contributed by atoms with Crippen LogP contribution in [0.4, 0.5) is 0 Å². The molecular formula is C11H17N3O3. The highest BCUT2D eigenvalue weighted by Gasteiger charge is 2.14. The van der Waals surface area contributed by atoms with E-state index in [4.69, 9.17) is 9.84 Å². The fourth-order valence-corrected chi connectivity index (χ4v) is 1.94. The average molecular weight is 239 g/mol. The van der Waals surface area contributed by atoms with Crippen molar-refractivity contribution in [2.45, 2.75) is 13.5 Å². The summed E-state index contributed by atoms with van der Waals surface area (Å²) in [4.78, 5) is 13.2. The number of hydrogen-bond acceptors (Lipinski definition) is 4. The molecule has 0 bridgehead atoms. The predicted molar refractivity (Wildman–Crippen MR) is 61.2 cm³/mol. The SMILES string of the molecule is Cc1c(C(=O)O)cnn1CCN1CCOCC1. The molecule has 1 aliphatic rings. The lowest BCUT2D eigenvalue weighted by Gasteiger charge is -2.26. The van der Waals surface area contributed by atoms with Gasteiger partial charge in [-0.05, 0) is 6.92 Å². The lowest BCUT2D eigenvalue weighted by molar-refractivity contribution is 0.0359. The van der Waals surface area contributed by atoms with Crippen LogP contribution in [0.15, 0.2) is 6.20 Å². The second kappa shape index (κ2) is 5.29. The van der Waals surface area contributed by atoms with Crippen LogP contribution >= 0.6 is 0 Å². The molecule has 1 fully saturated rings. The second-order valence-corrected chi connectivity index (χ2v) is 4.13. The molecule has 94 valence electrons. The summed E-state index contributed by atoms with van der Waals surface area (Å²) >= 11 is 0. The molecule has 2 rings (SSSR count). The third-order valence-electron chi connectivity index (χ3n) is 3.07. The van der Waals surface area contributed by atoms with Crippen LogP contribution in [-0.2, 0) is 11.3 Å². The maximum Gasteiger partial charge on any atom is 0.339 e. The number of carbonyl (C=O) groups is 1. The maximum atomic E-state index is 10.9. The van der Waals surface area contributed by atoms with Gasteiger partial charge in [-0.2, -0.15) is 5.10 Å². The van der Waals surface area contributed by atoms with Crippen LogP contribution in [0.5, 0.6) is 0 Å². The predicted octanol–water partition coefficient (Wildman–Crippen LogP) is 0.222. The van der Waals surface area contributed by atoms with E-state index in [0.29, 0.717) is 5.69 Å². The highest BCUT2D eigenvalue weighted by molar-refractivity contribution is 5.88. The highest BCUT2D eigenvalue weighted by Crippen LogP contribution is 2.07. The van der Waals surface area contributed by atoms with E-state index in [1.54, 1.807) is 11.6 Å². The topological polar surface area (TPSA) is 67.6 Å². The number of aromatic nitrogens is 2. The van der Waals surface area contributed by atoms with Gasteiger partial charge in [-0.25, -0.2) is 4.79 Å². The molecule has 1 aromatic heterocycles. The standard InChI is InChI=1S/C11H17N3O3/c1-9-10(11(15)16)8-12-14(9)3-2-13-4-6-17-7-5-13/h8H,2-7H2,1H3,(H,15,16). The Labute approximate surface area is 99.8 Å². The van der Waals surface area contributed by atoms with Crippen molar-refractivity contribution < 1.29 is 14.6 Å². The summed E-state index contributed by atoms with van der Waals surface area (Å²) < 4.78 is 7.02. The molecule has 0 unspecified atom stereocenters. The Morgan fingerprint density at radius 1 is 1.47 bits per heavy atom. The van der Waals surface area contributed by atoms with E-state index in [1.807, 2.05) is 0 Å². The summed E-state index contributed by atoms with van der Waals surface area (Å²) in [5.41, 5.74) is 0.998. The summed E-state index contributed by atoms with van der Waals surface area (Å²) in [5.74, 6) is -0.917. The van der Waals surface area contributed by atoms with Crippen LogP contribution in [0.1, 0.15) is 16.1 Å². The van der Waals surface area contributed by atoms with Crippen molar-refractivity contribution in [3.8, 4) is 0 Å². The number of hydrogen-bond donors (Lipinski definition) is 1. The van der Waals surface area contributed by atoms with Gasteiger partial charge in [0.05, 0.1) is 26.0 Å². The van der Waals surface area contributed by atoms with Crippen molar-refractivity contribution in [3.63, 3.8) is 0 Å². The molecule has 0 aliphatic carbocycles. The van der Waals surface area contributed by atoms with Crippen molar-refractivity contribution >= 4 is 5.97 Å². The Kier molecular flexibility index (Phi) is 3.75. The molecule has 1 saturated heterocycles. The molecule has 1 N–H and O–H groups in total. The first kappa shape index (κ1) is 12.1. The van der Waals surface area contributed by atoms with Gasteiger partial charge >= 0.3 is 5.97 Å². The number of carboxylic acids is 1. The van der Waals surface area contributed by atoms with Crippen molar-refractivity contribution in [3.05, 3.63) is 17.5 Å². The molecule has 0 spiro atoms. The van der Waals surface area contributed by atoms with E-state index >= 15 is 0 Å². The highest BCUT2D eigenvalue weighted by atomic mass is 16.5. The van der Waals surface area contributed by atoms with Crippen LogP contribution in [0.25, 0.3) is 0 Å². The van der Waals surface area contributed by atoms with Gasteiger partial charge in [0, 0.05) is 25.3 Å². The van der Waals surface area contributed by atoms with Gasteiger partial charge in [-0.1, -0.05) is 0 Å². The fourth-order valence-electron chi connectivity index (χ4n) is 1.94. The summed E-state index contributed by atoms with van der Waals surface area (Å²) in [7, 11) is 0. The van der Waals surface area contributed by atoms with Crippen LogP contribution in [0, 0.1) is 6.92 Å². The monoisotopic (exact) mass is 239 g/mol. The first-order valence-electron chi connectivity index (χ1n) is 5.74. The number of aromatic carboxylic acids is 1. The Morgan fingerprint density at radius 2 is 2.18 bits per heavy atom. The van der Waals surface area contributed by atoms with Gasteiger partial charge in [-0.3, -0.25) is 9.58 Å². The quantitative estimate of drug-likeness (QED) is 0.814. The fraction of sp³-hybridized carbons (Fsp3) is 0.636. The normalized spacial score (nSPS) is 17.2. The van der Waals surface area contributed by atoms with Crippen LogP contribution in [0.3, 0.4) is 0 Å². The van der Waals surface area contributed by atoms with Crippen LogP contribution in [-0.4, -0.2) is 58.6 Å². The Hall–Kier alpha value is -1.40. The van der Waals surface area contributed by atoms with Gasteiger partial charge < -0.3 is 9.84 Å². The molecule has 0 aromatic carbocycles. The van der Waals surface area contributed by atoms with Gasteiger partial charge in [0.15, 0.2) is 0 Å². The van der Waals surface area contributed by atoms with Gasteiger partial charge in [0.1, 0.15) is 5.56 Å². The summed E-state index contributed by atoms with van der Waals surface area (Å²) in [6.45, 7) is 6.81. The first-order chi connectivity index (χ1) is 8.18. The molecular weight excluding hydrogens is 222 g/mol. The summed E-state index contributed by atoms with van der Waals surface area (Å²) in [6, 6.07) is 0. The average Bonchev–Trinajstić information content (AvgIpc) is 2.69. The molecule has 0 radical (unpaired) electrons. The number of rotatable bonds is 4. The van der Waals surface area contributed by atoms with Gasteiger partial charge in [0.25, 0.3) is 0 Å². The maximum absolute atomic E-state index is 10.9. The smallest absolute Gasteiger partial charge is 0.339 e. The number of nitrogens with zero attached hydrogens (tertiary/aromatic N) is 3. The molecule has 2 heterocycles. The molecule has 6 heteroatoms. The summed E-state index contributed by atoms with van der Waals surface area (Å²) in [6.07, 6.45) is 1.41. The van der Waals surface area contributed by atoms with Gasteiger partial charge in [-0.15, -0.1) is 0 Å². The van der Waals surface area contributed by atoms with E-state index in [2.05, 4.69) is 10.00 Å². The minimum absolute atomic E-state index is 0.284. The molecule has 1 aromatic rings. The molecule has 0 saturated carbocycles. The first-order valence-corrected chi connectivity index (χ1v) is 5.74. The molecule has 17 heavy (non-hydrogen) atoms. The Morgan fingerprint density at radius 3 is 2.76 bits per heavy atom. The number of morpholine rings is 1. The zero-order chi connectivity index (χ0) is 12.3. The van der Waals surface area contributed by atoms with Gasteiger partial charge in [0.2, 0.25) is 0 Å². The van der Waals surface area contributed by atoms with Crippen molar-refractivity contribution in [2.75, 3.05) is 32.8 Å². The van der Waals surface area contributed by atoms with E-state index in [1.165, 1.54) is 6.20 Å². The Bertz CT molecular complexity index is 397. The van der Waals surface area contributed by atoms with E-state index < -0.39 is 5.97 Å². The van der Waals surface area contributed by atoms with E-state index in [0.717, 1.165) is 39.4 Å². The zero-order valence-corrected chi connectivity index (χ0v) is 9.93. The van der Waals surface area contributed by atoms with Crippen LogP contribution in [0.2, 0.25) is 0 Å². The lowest BCUT2D eigenvalue weighted by Crippen LogP contribution is -2.38. The molecule has 0 atom stereocenters. The largest absolute Gasteiger partial charge is 0.478 e.